The molecule has 2 aromatic carbocycles. The Kier molecular flexibility index (Phi) is 5.52. The SMILES string of the molecule is O=CO/C=C(\CCc1ccc(Cl)cc1)c1ccc(F)cc1. The zero-order valence-corrected chi connectivity index (χ0v) is 12.0. The van der Waals surface area contributed by atoms with Gasteiger partial charge < -0.3 is 4.74 Å². The van der Waals surface area contributed by atoms with E-state index < -0.39 is 0 Å². The molecule has 0 fully saturated rings. The van der Waals surface area contributed by atoms with Gasteiger partial charge in [-0.2, -0.15) is 0 Å². The fraction of sp³-hybridized carbons (Fsp3) is 0.118. The van der Waals surface area contributed by atoms with Gasteiger partial charge in [0.2, 0.25) is 0 Å². The molecular formula is C17H14ClFO2. The Morgan fingerprint density at radius 1 is 1.10 bits per heavy atom. The Morgan fingerprint density at radius 2 is 1.76 bits per heavy atom. The quantitative estimate of drug-likeness (QED) is 0.574. The predicted molar refractivity (Wildman–Crippen MR) is 81.3 cm³/mol. The monoisotopic (exact) mass is 304 g/mol. The summed E-state index contributed by atoms with van der Waals surface area (Å²) in [7, 11) is 0. The molecule has 2 rings (SSSR count). The second kappa shape index (κ2) is 7.60. The zero-order valence-electron chi connectivity index (χ0n) is 11.3. The van der Waals surface area contributed by atoms with Crippen LogP contribution in [0.15, 0.2) is 54.8 Å². The fourth-order valence-electron chi connectivity index (χ4n) is 1.98. The maximum absolute atomic E-state index is 13.0. The van der Waals surface area contributed by atoms with E-state index in [1.165, 1.54) is 18.4 Å². The maximum Gasteiger partial charge on any atom is 0.297 e. The molecule has 4 heteroatoms. The van der Waals surface area contributed by atoms with Crippen LogP contribution in [0.25, 0.3) is 5.57 Å². The maximum atomic E-state index is 13.0. The van der Waals surface area contributed by atoms with Crippen molar-refractivity contribution < 1.29 is 13.9 Å². The number of hydrogen-bond acceptors (Lipinski definition) is 2. The van der Waals surface area contributed by atoms with Crippen molar-refractivity contribution in [3.63, 3.8) is 0 Å². The highest BCUT2D eigenvalue weighted by atomic mass is 35.5. The van der Waals surface area contributed by atoms with Gasteiger partial charge in [-0.25, -0.2) is 4.39 Å². The molecule has 0 radical (unpaired) electrons. The Labute approximate surface area is 127 Å². The largest absolute Gasteiger partial charge is 0.436 e. The van der Waals surface area contributed by atoms with Crippen molar-refractivity contribution in [2.24, 2.45) is 0 Å². The predicted octanol–water partition coefficient (Wildman–Crippen LogP) is 4.63. The van der Waals surface area contributed by atoms with Crippen LogP contribution in [0.5, 0.6) is 0 Å². The average Bonchev–Trinajstić information content (AvgIpc) is 2.50. The molecule has 0 N–H and O–H groups in total. The molecular weight excluding hydrogens is 291 g/mol. The summed E-state index contributed by atoms with van der Waals surface area (Å²) in [5.74, 6) is -0.299. The van der Waals surface area contributed by atoms with Gasteiger partial charge >= 0.3 is 0 Å². The Morgan fingerprint density at radius 3 is 2.38 bits per heavy atom. The van der Waals surface area contributed by atoms with Crippen LogP contribution >= 0.6 is 11.6 Å². The normalized spacial score (nSPS) is 11.2. The third-order valence-corrected chi connectivity index (χ3v) is 3.33. The third kappa shape index (κ3) is 4.72. The van der Waals surface area contributed by atoms with Crippen LogP contribution in [0.2, 0.25) is 5.02 Å². The van der Waals surface area contributed by atoms with Crippen molar-refractivity contribution in [3.8, 4) is 0 Å². The molecule has 0 aromatic heterocycles. The van der Waals surface area contributed by atoms with Crippen molar-refractivity contribution >= 4 is 23.6 Å². The molecule has 0 aliphatic rings. The zero-order chi connectivity index (χ0) is 15.1. The molecule has 21 heavy (non-hydrogen) atoms. The highest BCUT2D eigenvalue weighted by Gasteiger charge is 2.04. The molecule has 0 spiro atoms. The van der Waals surface area contributed by atoms with Gasteiger partial charge in [-0.05, 0) is 53.8 Å². The molecule has 2 nitrogen and oxygen atoms in total. The number of aryl methyl sites for hydroxylation is 1. The molecule has 0 amide bonds. The third-order valence-electron chi connectivity index (χ3n) is 3.08. The van der Waals surface area contributed by atoms with Gasteiger partial charge in [-0.15, -0.1) is 0 Å². The van der Waals surface area contributed by atoms with Crippen LogP contribution < -0.4 is 0 Å². The van der Waals surface area contributed by atoms with Crippen LogP contribution in [-0.4, -0.2) is 6.47 Å². The minimum atomic E-state index is -0.299. The number of carbonyl (C=O) groups excluding carboxylic acids is 1. The summed E-state index contributed by atoms with van der Waals surface area (Å²) >= 11 is 5.85. The lowest BCUT2D eigenvalue weighted by molar-refractivity contribution is -0.123. The Balaban J connectivity index is 2.11. The first-order chi connectivity index (χ1) is 10.2. The van der Waals surface area contributed by atoms with Gasteiger partial charge in [0.1, 0.15) is 5.82 Å². The fourth-order valence-corrected chi connectivity index (χ4v) is 2.10. The lowest BCUT2D eigenvalue weighted by atomic mass is 9.99. The lowest BCUT2D eigenvalue weighted by Crippen LogP contribution is -1.92. The standard InChI is InChI=1S/C17H14ClFO2/c18-16-7-2-13(3-8-16)1-4-15(11-21-12-20)14-5-9-17(19)10-6-14/h2-3,5-12H,1,4H2/b15-11+. The summed E-state index contributed by atoms with van der Waals surface area (Å²) in [6.45, 7) is 0.367. The highest BCUT2D eigenvalue weighted by molar-refractivity contribution is 6.30. The van der Waals surface area contributed by atoms with Crippen LogP contribution in [0, 0.1) is 5.82 Å². The van der Waals surface area contributed by atoms with Crippen LogP contribution in [0.3, 0.4) is 0 Å². The van der Waals surface area contributed by atoms with Crippen LogP contribution in [-0.2, 0) is 16.0 Å². The van der Waals surface area contributed by atoms with Gasteiger partial charge in [-0.3, -0.25) is 4.79 Å². The molecule has 2 aromatic rings. The van der Waals surface area contributed by atoms with Crippen molar-refractivity contribution in [1.82, 2.24) is 0 Å². The molecule has 0 bridgehead atoms. The number of allylic oxidation sites excluding steroid dienone is 1. The first kappa shape index (κ1) is 15.3. The van der Waals surface area contributed by atoms with Crippen molar-refractivity contribution in [2.75, 3.05) is 0 Å². The summed E-state index contributed by atoms with van der Waals surface area (Å²) in [5, 5.41) is 0.692. The summed E-state index contributed by atoms with van der Waals surface area (Å²) in [5.41, 5.74) is 2.78. The molecule has 0 saturated heterocycles. The van der Waals surface area contributed by atoms with Gasteiger partial charge in [-0.1, -0.05) is 35.9 Å². The van der Waals surface area contributed by atoms with Crippen molar-refractivity contribution in [2.45, 2.75) is 12.8 Å². The summed E-state index contributed by atoms with van der Waals surface area (Å²) in [4.78, 5) is 10.4. The topological polar surface area (TPSA) is 26.3 Å². The minimum absolute atomic E-state index is 0.299. The van der Waals surface area contributed by atoms with E-state index in [1.54, 1.807) is 12.1 Å². The number of carbonyl (C=O) groups is 1. The molecule has 0 aliphatic heterocycles. The molecule has 0 atom stereocenters. The van der Waals surface area contributed by atoms with E-state index in [4.69, 9.17) is 16.3 Å². The number of halogens is 2. The van der Waals surface area contributed by atoms with Gasteiger partial charge in [0.25, 0.3) is 6.47 Å². The van der Waals surface area contributed by atoms with E-state index in [0.717, 1.165) is 23.1 Å². The van der Waals surface area contributed by atoms with E-state index in [9.17, 15) is 9.18 Å². The molecule has 0 heterocycles. The van der Waals surface area contributed by atoms with E-state index in [1.807, 2.05) is 24.3 Å². The number of rotatable bonds is 6. The average molecular weight is 305 g/mol. The van der Waals surface area contributed by atoms with Gasteiger partial charge in [0.05, 0.1) is 6.26 Å². The Bertz CT molecular complexity index is 618. The van der Waals surface area contributed by atoms with Gasteiger partial charge in [0.15, 0.2) is 0 Å². The van der Waals surface area contributed by atoms with E-state index in [0.29, 0.717) is 17.9 Å². The summed E-state index contributed by atoms with van der Waals surface area (Å²) in [6, 6.07) is 13.7. The van der Waals surface area contributed by atoms with E-state index in [2.05, 4.69) is 0 Å². The minimum Gasteiger partial charge on any atom is -0.436 e. The first-order valence-corrected chi connectivity index (χ1v) is 6.85. The smallest absolute Gasteiger partial charge is 0.297 e. The van der Waals surface area contributed by atoms with Crippen molar-refractivity contribution in [1.29, 1.82) is 0 Å². The summed E-state index contributed by atoms with van der Waals surface area (Å²) in [6.07, 6.45) is 2.83. The summed E-state index contributed by atoms with van der Waals surface area (Å²) < 4.78 is 17.7. The number of benzene rings is 2. The number of hydrogen-bond donors (Lipinski definition) is 0. The highest BCUT2D eigenvalue weighted by Crippen LogP contribution is 2.22. The van der Waals surface area contributed by atoms with Gasteiger partial charge in [0, 0.05) is 5.02 Å². The van der Waals surface area contributed by atoms with E-state index >= 15 is 0 Å². The molecule has 0 saturated carbocycles. The Hall–Kier alpha value is -2.13. The van der Waals surface area contributed by atoms with Crippen molar-refractivity contribution in [3.05, 3.63) is 76.8 Å². The first-order valence-electron chi connectivity index (χ1n) is 6.47. The van der Waals surface area contributed by atoms with E-state index in [-0.39, 0.29) is 5.82 Å². The molecule has 0 aliphatic carbocycles. The van der Waals surface area contributed by atoms with Crippen LogP contribution in [0.1, 0.15) is 17.5 Å². The number of ether oxygens (including phenoxy) is 1. The molecule has 108 valence electrons. The second-order valence-electron chi connectivity index (χ2n) is 4.51. The lowest BCUT2D eigenvalue weighted by Gasteiger charge is -2.08. The van der Waals surface area contributed by atoms with Crippen LogP contribution in [0.4, 0.5) is 4.39 Å². The molecule has 0 unspecified atom stereocenters. The second-order valence-corrected chi connectivity index (χ2v) is 4.95.